The first-order valence-corrected chi connectivity index (χ1v) is 7.53. The molecule has 5 heteroatoms. The normalized spacial score (nSPS) is 10.4. The van der Waals surface area contributed by atoms with Crippen molar-refractivity contribution in [3.8, 4) is 11.5 Å². The van der Waals surface area contributed by atoms with Crippen LogP contribution >= 0.6 is 0 Å². The fourth-order valence-electron chi connectivity index (χ4n) is 2.36. The second kappa shape index (κ2) is 6.91. The molecular formula is C19H16N2O3. The molecule has 0 saturated heterocycles. The molecule has 0 unspecified atom stereocenters. The van der Waals surface area contributed by atoms with E-state index in [4.69, 9.17) is 4.42 Å². The molecule has 1 aromatic heterocycles. The van der Waals surface area contributed by atoms with Crippen molar-refractivity contribution in [3.05, 3.63) is 72.1 Å². The number of carbonyl (C=O) groups is 2. The van der Waals surface area contributed by atoms with Gasteiger partial charge in [-0.3, -0.25) is 9.59 Å². The number of nitrogens with zero attached hydrogens (tertiary/aromatic N) is 1. The summed E-state index contributed by atoms with van der Waals surface area (Å²) in [6.45, 7) is 1.47. The topological polar surface area (TPSA) is 72.2 Å². The van der Waals surface area contributed by atoms with Gasteiger partial charge in [-0.1, -0.05) is 30.3 Å². The van der Waals surface area contributed by atoms with Crippen LogP contribution in [0.15, 0.2) is 65.3 Å². The molecule has 0 spiro atoms. The van der Waals surface area contributed by atoms with Crippen LogP contribution in [-0.4, -0.2) is 16.7 Å². The van der Waals surface area contributed by atoms with Crippen molar-refractivity contribution < 1.29 is 14.0 Å². The number of para-hydroxylation sites is 1. The summed E-state index contributed by atoms with van der Waals surface area (Å²) in [6, 6.07) is 16.4. The Hall–Kier alpha value is -3.21. The summed E-state index contributed by atoms with van der Waals surface area (Å²) in [4.78, 5) is 28.1. The first-order chi connectivity index (χ1) is 11.6. The Morgan fingerprint density at radius 1 is 1.04 bits per heavy atom. The third-order valence-corrected chi connectivity index (χ3v) is 3.49. The first kappa shape index (κ1) is 15.7. The lowest BCUT2D eigenvalue weighted by Crippen LogP contribution is -2.16. The first-order valence-electron chi connectivity index (χ1n) is 7.53. The maximum atomic E-state index is 12.2. The molecule has 2 aromatic carbocycles. The van der Waals surface area contributed by atoms with Gasteiger partial charge >= 0.3 is 0 Å². The van der Waals surface area contributed by atoms with E-state index in [1.807, 2.05) is 30.3 Å². The Bertz CT molecular complexity index is 869. The fourth-order valence-corrected chi connectivity index (χ4v) is 2.36. The molecule has 1 amide bonds. The summed E-state index contributed by atoms with van der Waals surface area (Å²) in [6.07, 6.45) is 1.54. The smallest absolute Gasteiger partial charge is 0.230 e. The van der Waals surface area contributed by atoms with Gasteiger partial charge in [0.2, 0.25) is 11.8 Å². The zero-order valence-electron chi connectivity index (χ0n) is 13.2. The van der Waals surface area contributed by atoms with Gasteiger partial charge in [0, 0.05) is 11.1 Å². The van der Waals surface area contributed by atoms with Gasteiger partial charge in [-0.15, -0.1) is 0 Å². The Morgan fingerprint density at radius 3 is 2.50 bits per heavy atom. The van der Waals surface area contributed by atoms with Crippen molar-refractivity contribution in [2.75, 3.05) is 5.32 Å². The lowest BCUT2D eigenvalue weighted by molar-refractivity contribution is -0.115. The molecule has 5 nitrogen and oxygen atoms in total. The number of amides is 1. The monoisotopic (exact) mass is 320 g/mol. The number of aromatic nitrogens is 1. The minimum absolute atomic E-state index is 0.0720. The van der Waals surface area contributed by atoms with Crippen LogP contribution in [-0.2, 0) is 11.2 Å². The van der Waals surface area contributed by atoms with Gasteiger partial charge < -0.3 is 9.73 Å². The van der Waals surface area contributed by atoms with Crippen molar-refractivity contribution in [1.29, 1.82) is 0 Å². The van der Waals surface area contributed by atoms with Crippen LogP contribution in [0.2, 0.25) is 0 Å². The molecule has 0 aliphatic carbocycles. The van der Waals surface area contributed by atoms with Gasteiger partial charge in [-0.2, -0.15) is 0 Å². The van der Waals surface area contributed by atoms with Gasteiger partial charge in [0.05, 0.1) is 17.8 Å². The van der Waals surface area contributed by atoms with E-state index in [1.54, 1.807) is 24.3 Å². The summed E-state index contributed by atoms with van der Waals surface area (Å²) in [5.41, 5.74) is 2.37. The maximum Gasteiger partial charge on any atom is 0.230 e. The molecule has 0 radical (unpaired) electrons. The maximum absolute atomic E-state index is 12.2. The van der Waals surface area contributed by atoms with Crippen LogP contribution in [0.5, 0.6) is 0 Å². The Kier molecular flexibility index (Phi) is 4.52. The highest BCUT2D eigenvalue weighted by Gasteiger charge is 2.13. The van der Waals surface area contributed by atoms with Crippen LogP contribution in [0.25, 0.3) is 11.5 Å². The van der Waals surface area contributed by atoms with Gasteiger partial charge in [0.1, 0.15) is 6.26 Å². The molecule has 1 N–H and O–H groups in total. The Labute approximate surface area is 139 Å². The summed E-state index contributed by atoms with van der Waals surface area (Å²) in [5, 5.41) is 2.75. The fraction of sp³-hybridized carbons (Fsp3) is 0.105. The van der Waals surface area contributed by atoms with Crippen molar-refractivity contribution >= 4 is 17.4 Å². The molecule has 0 bridgehead atoms. The number of anilines is 1. The van der Waals surface area contributed by atoms with E-state index in [0.29, 0.717) is 22.8 Å². The second-order valence-electron chi connectivity index (χ2n) is 5.34. The Morgan fingerprint density at radius 2 is 1.75 bits per heavy atom. The number of nitrogens with one attached hydrogen (secondary N) is 1. The number of benzene rings is 2. The molecule has 24 heavy (non-hydrogen) atoms. The molecule has 0 saturated carbocycles. The summed E-state index contributed by atoms with van der Waals surface area (Å²) < 4.78 is 5.42. The SMILES string of the molecule is CC(=O)c1ccccc1NC(=O)Cc1coc(-c2ccccc2)n1. The quantitative estimate of drug-likeness (QED) is 0.727. The largest absolute Gasteiger partial charge is 0.444 e. The molecular weight excluding hydrogens is 304 g/mol. The van der Waals surface area contributed by atoms with E-state index >= 15 is 0 Å². The Balaban J connectivity index is 1.70. The average molecular weight is 320 g/mol. The number of rotatable bonds is 5. The van der Waals surface area contributed by atoms with Gasteiger partial charge in [0.25, 0.3) is 0 Å². The number of ketones is 1. The number of Topliss-reactive ketones (excluding diaryl/α,β-unsaturated/α-hetero) is 1. The number of hydrogen-bond acceptors (Lipinski definition) is 4. The second-order valence-corrected chi connectivity index (χ2v) is 5.34. The van der Waals surface area contributed by atoms with E-state index in [-0.39, 0.29) is 18.1 Å². The minimum Gasteiger partial charge on any atom is -0.444 e. The number of hydrogen-bond donors (Lipinski definition) is 1. The molecule has 1 heterocycles. The highest BCUT2D eigenvalue weighted by Crippen LogP contribution is 2.19. The standard InChI is InChI=1S/C19H16N2O3/c1-13(22)16-9-5-6-10-17(16)21-18(23)11-15-12-24-19(20-15)14-7-3-2-4-8-14/h2-10,12H,11H2,1H3,(H,21,23). The van der Waals surface area contributed by atoms with E-state index in [9.17, 15) is 9.59 Å². The molecule has 0 aliphatic heterocycles. The summed E-state index contributed by atoms with van der Waals surface area (Å²) >= 11 is 0. The zero-order chi connectivity index (χ0) is 16.9. The van der Waals surface area contributed by atoms with Crippen LogP contribution in [0.3, 0.4) is 0 Å². The molecule has 120 valence electrons. The highest BCUT2D eigenvalue weighted by atomic mass is 16.3. The third kappa shape index (κ3) is 3.57. The van der Waals surface area contributed by atoms with Gasteiger partial charge in [-0.05, 0) is 31.2 Å². The molecule has 0 aliphatic rings. The lowest BCUT2D eigenvalue weighted by atomic mass is 10.1. The van der Waals surface area contributed by atoms with Crippen molar-refractivity contribution in [2.45, 2.75) is 13.3 Å². The van der Waals surface area contributed by atoms with Crippen LogP contribution in [0, 0.1) is 0 Å². The highest BCUT2D eigenvalue weighted by molar-refractivity contribution is 6.03. The minimum atomic E-state index is -0.253. The van der Waals surface area contributed by atoms with Crippen molar-refractivity contribution in [2.24, 2.45) is 0 Å². The van der Waals surface area contributed by atoms with Gasteiger partial charge in [-0.25, -0.2) is 4.98 Å². The molecule has 0 fully saturated rings. The van der Waals surface area contributed by atoms with E-state index in [0.717, 1.165) is 5.56 Å². The molecule has 3 rings (SSSR count). The predicted molar refractivity (Wildman–Crippen MR) is 90.7 cm³/mol. The van der Waals surface area contributed by atoms with E-state index < -0.39 is 0 Å². The molecule has 3 aromatic rings. The zero-order valence-corrected chi connectivity index (χ0v) is 13.2. The lowest BCUT2D eigenvalue weighted by Gasteiger charge is -2.07. The van der Waals surface area contributed by atoms with E-state index in [2.05, 4.69) is 10.3 Å². The van der Waals surface area contributed by atoms with E-state index in [1.165, 1.54) is 13.2 Å². The number of oxazole rings is 1. The van der Waals surface area contributed by atoms with Crippen LogP contribution in [0.1, 0.15) is 23.0 Å². The summed E-state index contributed by atoms with van der Waals surface area (Å²) in [7, 11) is 0. The predicted octanol–water partition coefficient (Wildman–Crippen LogP) is 3.73. The van der Waals surface area contributed by atoms with Crippen molar-refractivity contribution in [3.63, 3.8) is 0 Å². The average Bonchev–Trinajstić information content (AvgIpc) is 3.04. The van der Waals surface area contributed by atoms with Crippen molar-refractivity contribution in [1.82, 2.24) is 4.98 Å². The molecule has 0 atom stereocenters. The van der Waals surface area contributed by atoms with Crippen LogP contribution in [0.4, 0.5) is 5.69 Å². The van der Waals surface area contributed by atoms with Crippen LogP contribution < -0.4 is 5.32 Å². The third-order valence-electron chi connectivity index (χ3n) is 3.49. The number of carbonyl (C=O) groups excluding carboxylic acids is 2. The summed E-state index contributed by atoms with van der Waals surface area (Å²) in [5.74, 6) is 0.123. The van der Waals surface area contributed by atoms with Gasteiger partial charge in [0.15, 0.2) is 5.78 Å².